The van der Waals surface area contributed by atoms with Crippen LogP contribution in [-0.4, -0.2) is 16.1 Å². The molecule has 0 aliphatic rings. The van der Waals surface area contributed by atoms with Gasteiger partial charge in [-0.3, -0.25) is 0 Å². The first-order chi connectivity index (χ1) is 8.90. The number of hydrogen-bond donors (Lipinski definition) is 1. The molecule has 19 heavy (non-hydrogen) atoms. The predicted molar refractivity (Wildman–Crippen MR) is 78.6 cm³/mol. The van der Waals surface area contributed by atoms with E-state index in [-0.39, 0.29) is 11.6 Å². The molecule has 100 valence electrons. The SMILES string of the molecule is CC(C)c1nc(C(=O)O)c(-c2ccc(Cl)c(Cl)c2)s1. The van der Waals surface area contributed by atoms with E-state index in [2.05, 4.69) is 4.98 Å². The lowest BCUT2D eigenvalue weighted by molar-refractivity contribution is 0.0692. The minimum Gasteiger partial charge on any atom is -0.476 e. The number of benzene rings is 1. The molecule has 0 radical (unpaired) electrons. The van der Waals surface area contributed by atoms with Gasteiger partial charge in [-0.15, -0.1) is 11.3 Å². The van der Waals surface area contributed by atoms with E-state index in [9.17, 15) is 9.90 Å². The number of carboxylic acid groups (broad SMARTS) is 1. The van der Waals surface area contributed by atoms with E-state index in [1.54, 1.807) is 18.2 Å². The normalized spacial score (nSPS) is 11.0. The predicted octanol–water partition coefficient (Wildman–Crippen LogP) is 4.94. The largest absolute Gasteiger partial charge is 0.476 e. The molecule has 0 fully saturated rings. The maximum atomic E-state index is 11.3. The van der Waals surface area contributed by atoms with Gasteiger partial charge in [0.05, 0.1) is 19.9 Å². The summed E-state index contributed by atoms with van der Waals surface area (Å²) in [5.41, 5.74) is 0.781. The summed E-state index contributed by atoms with van der Waals surface area (Å²) < 4.78 is 0. The van der Waals surface area contributed by atoms with Crippen molar-refractivity contribution < 1.29 is 9.90 Å². The van der Waals surface area contributed by atoms with E-state index < -0.39 is 5.97 Å². The Bertz CT molecular complexity index is 638. The first-order valence-electron chi connectivity index (χ1n) is 5.59. The van der Waals surface area contributed by atoms with Gasteiger partial charge in [-0.1, -0.05) is 43.1 Å². The summed E-state index contributed by atoms with van der Waals surface area (Å²) in [6, 6.07) is 5.06. The fraction of sp³-hybridized carbons (Fsp3) is 0.231. The van der Waals surface area contributed by atoms with Crippen molar-refractivity contribution in [2.75, 3.05) is 0 Å². The standard InChI is InChI=1S/C13H11Cl2NO2S/c1-6(2)12-16-10(13(17)18)11(19-12)7-3-4-8(14)9(15)5-7/h3-6H,1-2H3,(H,17,18). The third-order valence-corrected chi connectivity index (χ3v) is 4.67. The molecule has 3 nitrogen and oxygen atoms in total. The number of carboxylic acids is 1. The van der Waals surface area contributed by atoms with Crippen molar-refractivity contribution in [2.45, 2.75) is 19.8 Å². The van der Waals surface area contributed by atoms with Crippen LogP contribution in [-0.2, 0) is 0 Å². The molecule has 2 rings (SSSR count). The van der Waals surface area contributed by atoms with E-state index in [0.29, 0.717) is 14.9 Å². The molecule has 6 heteroatoms. The molecule has 0 atom stereocenters. The molecule has 0 amide bonds. The van der Waals surface area contributed by atoms with Crippen LogP contribution in [0.2, 0.25) is 10.0 Å². The number of aromatic nitrogens is 1. The molecule has 0 saturated heterocycles. The molecule has 1 aromatic heterocycles. The zero-order valence-corrected chi connectivity index (χ0v) is 12.6. The van der Waals surface area contributed by atoms with Crippen molar-refractivity contribution >= 4 is 40.5 Å². The van der Waals surface area contributed by atoms with Crippen LogP contribution < -0.4 is 0 Å². The van der Waals surface area contributed by atoms with Gasteiger partial charge >= 0.3 is 5.97 Å². The maximum absolute atomic E-state index is 11.3. The number of carbonyl (C=O) groups is 1. The van der Waals surface area contributed by atoms with Crippen LogP contribution in [0, 0.1) is 0 Å². The van der Waals surface area contributed by atoms with Crippen molar-refractivity contribution in [2.24, 2.45) is 0 Å². The van der Waals surface area contributed by atoms with Crippen molar-refractivity contribution in [3.8, 4) is 10.4 Å². The Hall–Kier alpha value is -1.10. The number of hydrogen-bond acceptors (Lipinski definition) is 3. The highest BCUT2D eigenvalue weighted by atomic mass is 35.5. The highest BCUT2D eigenvalue weighted by Crippen LogP contribution is 2.36. The summed E-state index contributed by atoms with van der Waals surface area (Å²) in [5.74, 6) is -0.858. The Kier molecular flexibility index (Phi) is 4.13. The van der Waals surface area contributed by atoms with Gasteiger partial charge in [-0.05, 0) is 17.7 Å². The number of thiazole rings is 1. The second-order valence-corrected chi connectivity index (χ2v) is 6.16. The molecule has 0 unspecified atom stereocenters. The number of halogens is 2. The maximum Gasteiger partial charge on any atom is 0.356 e. The Balaban J connectivity index is 2.59. The Morgan fingerprint density at radius 1 is 1.32 bits per heavy atom. The van der Waals surface area contributed by atoms with Crippen LogP contribution in [0.4, 0.5) is 0 Å². The fourth-order valence-corrected chi connectivity index (χ4v) is 2.92. The Labute approximate surface area is 124 Å². The molecule has 2 aromatic rings. The molecular weight excluding hydrogens is 305 g/mol. The molecule has 0 spiro atoms. The molecule has 1 heterocycles. The summed E-state index contributed by atoms with van der Waals surface area (Å²) >= 11 is 13.2. The van der Waals surface area contributed by atoms with Crippen LogP contribution in [0.1, 0.15) is 35.3 Å². The van der Waals surface area contributed by atoms with Gasteiger partial charge in [0.15, 0.2) is 5.69 Å². The molecular formula is C13H11Cl2NO2S. The zero-order valence-electron chi connectivity index (χ0n) is 10.3. The van der Waals surface area contributed by atoms with Gasteiger partial charge in [0.25, 0.3) is 0 Å². The van der Waals surface area contributed by atoms with Gasteiger partial charge in [0, 0.05) is 5.92 Å². The summed E-state index contributed by atoms with van der Waals surface area (Å²) in [6.07, 6.45) is 0. The van der Waals surface area contributed by atoms with Crippen LogP contribution in [0.25, 0.3) is 10.4 Å². The van der Waals surface area contributed by atoms with Gasteiger partial charge < -0.3 is 5.11 Å². The van der Waals surface area contributed by atoms with E-state index in [0.717, 1.165) is 10.6 Å². The van der Waals surface area contributed by atoms with Crippen molar-refractivity contribution in [1.82, 2.24) is 4.98 Å². The van der Waals surface area contributed by atoms with Crippen molar-refractivity contribution in [3.05, 3.63) is 38.9 Å². The summed E-state index contributed by atoms with van der Waals surface area (Å²) in [6.45, 7) is 3.95. The fourth-order valence-electron chi connectivity index (χ4n) is 1.56. The van der Waals surface area contributed by atoms with Gasteiger partial charge in [0.1, 0.15) is 0 Å². The molecule has 0 saturated carbocycles. The molecule has 0 aliphatic carbocycles. The summed E-state index contributed by atoms with van der Waals surface area (Å²) in [5, 5.41) is 10.9. The van der Waals surface area contributed by atoms with Crippen LogP contribution >= 0.6 is 34.5 Å². The van der Waals surface area contributed by atoms with Crippen LogP contribution in [0.15, 0.2) is 18.2 Å². The number of aromatic carboxylic acids is 1. The van der Waals surface area contributed by atoms with Crippen LogP contribution in [0.5, 0.6) is 0 Å². The topological polar surface area (TPSA) is 50.2 Å². The lowest BCUT2D eigenvalue weighted by atomic mass is 10.1. The first-order valence-corrected chi connectivity index (χ1v) is 7.16. The Morgan fingerprint density at radius 2 is 2.00 bits per heavy atom. The third kappa shape index (κ3) is 2.91. The quantitative estimate of drug-likeness (QED) is 0.872. The third-order valence-electron chi connectivity index (χ3n) is 2.52. The molecule has 0 bridgehead atoms. The second-order valence-electron chi connectivity index (χ2n) is 4.32. The number of nitrogens with zero attached hydrogens (tertiary/aromatic N) is 1. The number of rotatable bonds is 3. The second kappa shape index (κ2) is 5.49. The monoisotopic (exact) mass is 315 g/mol. The zero-order chi connectivity index (χ0) is 14.2. The first kappa shape index (κ1) is 14.3. The lowest BCUT2D eigenvalue weighted by Gasteiger charge is -2.01. The van der Waals surface area contributed by atoms with E-state index in [4.69, 9.17) is 23.2 Å². The van der Waals surface area contributed by atoms with E-state index >= 15 is 0 Å². The average molecular weight is 316 g/mol. The van der Waals surface area contributed by atoms with Crippen molar-refractivity contribution in [1.29, 1.82) is 0 Å². The molecule has 1 N–H and O–H groups in total. The van der Waals surface area contributed by atoms with Crippen molar-refractivity contribution in [3.63, 3.8) is 0 Å². The lowest BCUT2D eigenvalue weighted by Crippen LogP contribution is -1.99. The van der Waals surface area contributed by atoms with Gasteiger partial charge in [-0.2, -0.15) is 0 Å². The van der Waals surface area contributed by atoms with Gasteiger partial charge in [-0.25, -0.2) is 9.78 Å². The summed E-state index contributed by atoms with van der Waals surface area (Å²) in [7, 11) is 0. The highest BCUT2D eigenvalue weighted by molar-refractivity contribution is 7.15. The minimum absolute atomic E-state index is 0.0621. The van der Waals surface area contributed by atoms with E-state index in [1.807, 2.05) is 13.8 Å². The average Bonchev–Trinajstić information content (AvgIpc) is 2.78. The highest BCUT2D eigenvalue weighted by Gasteiger charge is 2.20. The minimum atomic E-state index is -1.04. The van der Waals surface area contributed by atoms with Crippen LogP contribution in [0.3, 0.4) is 0 Å². The Morgan fingerprint density at radius 3 is 2.53 bits per heavy atom. The summed E-state index contributed by atoms with van der Waals surface area (Å²) in [4.78, 5) is 16.1. The molecule has 1 aromatic carbocycles. The van der Waals surface area contributed by atoms with Gasteiger partial charge in [0.2, 0.25) is 0 Å². The van der Waals surface area contributed by atoms with E-state index in [1.165, 1.54) is 11.3 Å². The molecule has 0 aliphatic heterocycles. The smallest absolute Gasteiger partial charge is 0.356 e.